The first-order valence-electron chi connectivity index (χ1n) is 4.44. The summed E-state index contributed by atoms with van der Waals surface area (Å²) in [5, 5.41) is 0. The monoisotopic (exact) mass is 197 g/mol. The van der Waals surface area contributed by atoms with E-state index in [2.05, 4.69) is 19.9 Å². The number of benzene rings is 1. The van der Waals surface area contributed by atoms with Crippen molar-refractivity contribution in [3.05, 3.63) is 29.8 Å². The van der Waals surface area contributed by atoms with E-state index in [4.69, 9.17) is 16.3 Å². The molecule has 0 aromatic heterocycles. The van der Waals surface area contributed by atoms with Crippen molar-refractivity contribution in [2.45, 2.75) is 19.8 Å². The van der Waals surface area contributed by atoms with Gasteiger partial charge in [-0.25, -0.2) is 0 Å². The van der Waals surface area contributed by atoms with E-state index in [0.29, 0.717) is 18.4 Å². The lowest BCUT2D eigenvalue weighted by Crippen LogP contribution is -1.98. The van der Waals surface area contributed by atoms with Crippen LogP contribution in [0.25, 0.3) is 0 Å². The summed E-state index contributed by atoms with van der Waals surface area (Å²) in [6.07, 6.45) is 0. The Balaban J connectivity index is 2.68. The van der Waals surface area contributed by atoms with Crippen LogP contribution in [0.4, 0.5) is 0 Å². The van der Waals surface area contributed by atoms with Gasteiger partial charge < -0.3 is 4.74 Å². The van der Waals surface area contributed by atoms with E-state index in [9.17, 15) is 0 Å². The zero-order valence-corrected chi connectivity index (χ0v) is 8.77. The molecule has 0 N–H and O–H groups in total. The van der Waals surface area contributed by atoms with Gasteiger partial charge in [-0.3, -0.25) is 0 Å². The van der Waals surface area contributed by atoms with Gasteiger partial charge in [0.2, 0.25) is 0 Å². The number of hydrogen-bond donors (Lipinski definition) is 0. The second-order valence-electron chi connectivity index (χ2n) is 3.19. The Bertz CT molecular complexity index is 258. The summed E-state index contributed by atoms with van der Waals surface area (Å²) in [6, 6.07) is 8.90. The lowest BCUT2D eigenvalue weighted by molar-refractivity contribution is 0.342. The summed E-state index contributed by atoms with van der Waals surface area (Å²) in [6.45, 7) is 4.85. The van der Waals surface area contributed by atoms with Crippen LogP contribution in [0.5, 0.6) is 5.75 Å². The largest absolute Gasteiger partial charge is 0.492 e. The quantitative estimate of drug-likeness (QED) is 0.674. The van der Waals surface area contributed by atoms with Gasteiger partial charge in [0.25, 0.3) is 0 Å². The van der Waals surface area contributed by atoms with Crippen LogP contribution in [0.2, 0.25) is 0 Å². The van der Waals surface area contributed by atoms with Gasteiger partial charge in [-0.1, -0.05) is 19.9 Å². The molecule has 0 aliphatic heterocycles. The van der Waals surface area contributed by atoms with E-state index >= 15 is 0 Å². The molecule has 1 aromatic carbocycles. The zero-order valence-electron chi connectivity index (χ0n) is 8.01. The topological polar surface area (TPSA) is 9.23 Å². The second kappa shape index (κ2) is 5.13. The standard InChI is InChI=1S/C11H14ClO/c1-9(2)10-4-3-5-11(8-10)13-7-6-12/h4-5,8-9H,6-7H2,1-2H3. The molecule has 71 valence electrons. The Morgan fingerprint density at radius 2 is 2.23 bits per heavy atom. The lowest BCUT2D eigenvalue weighted by atomic mass is 10.0. The van der Waals surface area contributed by atoms with Gasteiger partial charge in [-0.2, -0.15) is 0 Å². The van der Waals surface area contributed by atoms with Gasteiger partial charge in [0, 0.05) is 0 Å². The fourth-order valence-electron chi connectivity index (χ4n) is 1.04. The Labute approximate surface area is 84.7 Å². The van der Waals surface area contributed by atoms with Gasteiger partial charge in [-0.15, -0.1) is 11.6 Å². The molecular weight excluding hydrogens is 184 g/mol. The number of ether oxygens (including phenoxy) is 1. The highest BCUT2D eigenvalue weighted by Crippen LogP contribution is 2.19. The van der Waals surface area contributed by atoms with Crippen molar-refractivity contribution in [3.8, 4) is 5.75 Å². The second-order valence-corrected chi connectivity index (χ2v) is 3.57. The number of hydrogen-bond acceptors (Lipinski definition) is 1. The van der Waals surface area contributed by atoms with Crippen molar-refractivity contribution in [1.29, 1.82) is 0 Å². The average molecular weight is 198 g/mol. The molecule has 0 spiro atoms. The van der Waals surface area contributed by atoms with Crippen LogP contribution in [0, 0.1) is 6.07 Å². The molecular formula is C11H14ClO. The van der Waals surface area contributed by atoms with E-state index in [1.54, 1.807) is 0 Å². The van der Waals surface area contributed by atoms with Gasteiger partial charge in [0.15, 0.2) is 0 Å². The third-order valence-electron chi connectivity index (χ3n) is 1.80. The van der Waals surface area contributed by atoms with Gasteiger partial charge in [0.05, 0.1) is 5.88 Å². The summed E-state index contributed by atoms with van der Waals surface area (Å²) >= 11 is 5.52. The molecule has 0 aliphatic rings. The third-order valence-corrected chi connectivity index (χ3v) is 1.95. The average Bonchev–Trinajstić information content (AvgIpc) is 2.15. The molecule has 2 heteroatoms. The zero-order chi connectivity index (χ0) is 9.68. The van der Waals surface area contributed by atoms with Crippen molar-refractivity contribution < 1.29 is 4.74 Å². The van der Waals surface area contributed by atoms with Crippen LogP contribution in [-0.2, 0) is 0 Å². The number of rotatable bonds is 4. The first kappa shape index (κ1) is 10.4. The Kier molecular flexibility index (Phi) is 4.10. The van der Waals surface area contributed by atoms with E-state index in [-0.39, 0.29) is 0 Å². The van der Waals surface area contributed by atoms with Crippen LogP contribution >= 0.6 is 11.6 Å². The Hall–Kier alpha value is -0.690. The summed E-state index contributed by atoms with van der Waals surface area (Å²) in [5.41, 5.74) is 1.24. The number of halogens is 1. The summed E-state index contributed by atoms with van der Waals surface area (Å²) in [4.78, 5) is 0. The van der Waals surface area contributed by atoms with Gasteiger partial charge in [0.1, 0.15) is 12.4 Å². The van der Waals surface area contributed by atoms with E-state index in [0.717, 1.165) is 5.75 Å². The summed E-state index contributed by atoms with van der Waals surface area (Å²) < 4.78 is 5.38. The minimum Gasteiger partial charge on any atom is -0.492 e. The molecule has 0 fully saturated rings. The van der Waals surface area contributed by atoms with Gasteiger partial charge in [-0.05, 0) is 29.7 Å². The lowest BCUT2D eigenvalue weighted by Gasteiger charge is -2.08. The minimum atomic E-state index is 0.510. The van der Waals surface area contributed by atoms with Crippen LogP contribution in [0.3, 0.4) is 0 Å². The maximum absolute atomic E-state index is 5.52. The van der Waals surface area contributed by atoms with Gasteiger partial charge >= 0.3 is 0 Å². The van der Waals surface area contributed by atoms with Crippen LogP contribution < -0.4 is 4.74 Å². The first-order valence-corrected chi connectivity index (χ1v) is 4.97. The molecule has 0 heterocycles. The van der Waals surface area contributed by atoms with E-state index < -0.39 is 0 Å². The Morgan fingerprint density at radius 3 is 2.85 bits per heavy atom. The molecule has 1 radical (unpaired) electrons. The fraction of sp³-hybridized carbons (Fsp3) is 0.455. The highest BCUT2D eigenvalue weighted by atomic mass is 35.5. The summed E-state index contributed by atoms with van der Waals surface area (Å²) in [7, 11) is 0. The molecule has 1 rings (SSSR count). The van der Waals surface area contributed by atoms with E-state index in [1.165, 1.54) is 5.56 Å². The smallest absolute Gasteiger partial charge is 0.120 e. The maximum Gasteiger partial charge on any atom is 0.120 e. The highest BCUT2D eigenvalue weighted by molar-refractivity contribution is 6.17. The molecule has 0 amide bonds. The normalized spacial score (nSPS) is 10.5. The van der Waals surface area contributed by atoms with Crippen LogP contribution in [-0.4, -0.2) is 12.5 Å². The number of alkyl halides is 1. The van der Waals surface area contributed by atoms with Crippen molar-refractivity contribution in [2.24, 2.45) is 0 Å². The predicted octanol–water partition coefficient (Wildman–Crippen LogP) is 3.23. The molecule has 13 heavy (non-hydrogen) atoms. The van der Waals surface area contributed by atoms with Crippen molar-refractivity contribution in [1.82, 2.24) is 0 Å². The van der Waals surface area contributed by atoms with Crippen LogP contribution in [0.1, 0.15) is 25.3 Å². The Morgan fingerprint density at radius 1 is 1.46 bits per heavy atom. The molecule has 0 saturated carbocycles. The van der Waals surface area contributed by atoms with Crippen molar-refractivity contribution in [2.75, 3.05) is 12.5 Å². The molecule has 0 aliphatic carbocycles. The molecule has 0 atom stereocenters. The molecule has 0 saturated heterocycles. The highest BCUT2D eigenvalue weighted by Gasteiger charge is 2.00. The summed E-state index contributed by atoms with van der Waals surface area (Å²) in [5.74, 6) is 1.88. The third kappa shape index (κ3) is 3.27. The molecule has 1 nitrogen and oxygen atoms in total. The van der Waals surface area contributed by atoms with Crippen LogP contribution in [0.15, 0.2) is 18.2 Å². The first-order chi connectivity index (χ1) is 6.24. The van der Waals surface area contributed by atoms with E-state index in [1.807, 2.05) is 18.2 Å². The molecule has 0 unspecified atom stereocenters. The maximum atomic E-state index is 5.52. The molecule has 1 aromatic rings. The molecule has 0 bridgehead atoms. The minimum absolute atomic E-state index is 0.510. The predicted molar refractivity (Wildman–Crippen MR) is 55.6 cm³/mol. The van der Waals surface area contributed by atoms with Crippen molar-refractivity contribution >= 4 is 11.6 Å². The van der Waals surface area contributed by atoms with Crippen molar-refractivity contribution in [3.63, 3.8) is 0 Å². The SMILES string of the molecule is CC(C)c1c[c]cc(OCCCl)c1. The fourth-order valence-corrected chi connectivity index (χ4v) is 1.12.